The van der Waals surface area contributed by atoms with E-state index in [1.807, 2.05) is 55.5 Å². The van der Waals surface area contributed by atoms with Gasteiger partial charge in [0.1, 0.15) is 23.9 Å². The van der Waals surface area contributed by atoms with Crippen molar-refractivity contribution in [2.24, 2.45) is 4.99 Å². The Kier molecular flexibility index (Phi) is 7.13. The fourth-order valence-electron chi connectivity index (χ4n) is 3.43. The molecule has 6 nitrogen and oxygen atoms in total. The molecule has 0 saturated carbocycles. The molecule has 6 heteroatoms. The number of pyridine rings is 1. The Bertz CT molecular complexity index is 1150. The average molecular weight is 421 g/mol. The van der Waals surface area contributed by atoms with Crippen LogP contribution in [0.5, 0.6) is 17.2 Å². The summed E-state index contributed by atoms with van der Waals surface area (Å²) in [6, 6.07) is 15.4. The lowest BCUT2D eigenvalue weighted by molar-refractivity contribution is 0.302. The smallest absolute Gasteiger partial charge is 0.257 e. The van der Waals surface area contributed by atoms with Crippen LogP contribution in [0.1, 0.15) is 27.9 Å². The summed E-state index contributed by atoms with van der Waals surface area (Å²) in [6.07, 6.45) is 1.80. The van der Waals surface area contributed by atoms with Crippen molar-refractivity contribution in [3.05, 3.63) is 86.8 Å². The van der Waals surface area contributed by atoms with Crippen LogP contribution >= 0.6 is 0 Å². The van der Waals surface area contributed by atoms with Crippen molar-refractivity contribution in [2.45, 2.75) is 27.0 Å². The maximum absolute atomic E-state index is 13.1. The van der Waals surface area contributed by atoms with Crippen LogP contribution in [0.25, 0.3) is 0 Å². The van der Waals surface area contributed by atoms with E-state index < -0.39 is 0 Å². The van der Waals surface area contributed by atoms with Crippen LogP contribution in [-0.4, -0.2) is 32.0 Å². The molecule has 3 aromatic rings. The molecule has 0 aliphatic carbocycles. The minimum Gasteiger partial charge on any atom is -0.497 e. The first-order valence-electron chi connectivity index (χ1n) is 10.0. The molecule has 0 atom stereocenters. The number of ether oxygens (including phenoxy) is 3. The Balaban J connectivity index is 1.87. The summed E-state index contributed by atoms with van der Waals surface area (Å²) in [5.74, 6) is 1.97. The molecule has 0 saturated heterocycles. The van der Waals surface area contributed by atoms with E-state index in [0.717, 1.165) is 22.4 Å². The van der Waals surface area contributed by atoms with Gasteiger partial charge in [0.25, 0.3) is 5.56 Å². The zero-order valence-electron chi connectivity index (χ0n) is 18.6. The molecule has 0 amide bonds. The van der Waals surface area contributed by atoms with Gasteiger partial charge in [-0.25, -0.2) is 0 Å². The zero-order chi connectivity index (χ0) is 22.4. The van der Waals surface area contributed by atoms with Crippen molar-refractivity contribution in [1.82, 2.24) is 4.57 Å². The van der Waals surface area contributed by atoms with Gasteiger partial charge in [-0.15, -0.1) is 0 Å². The molecule has 31 heavy (non-hydrogen) atoms. The summed E-state index contributed by atoms with van der Waals surface area (Å²) in [5, 5.41) is 0. The van der Waals surface area contributed by atoms with E-state index in [9.17, 15) is 4.79 Å². The lowest BCUT2D eigenvalue weighted by Crippen LogP contribution is -2.25. The molecule has 162 valence electrons. The monoisotopic (exact) mass is 420 g/mol. The van der Waals surface area contributed by atoms with E-state index in [0.29, 0.717) is 36.0 Å². The first-order valence-corrected chi connectivity index (χ1v) is 10.0. The molecule has 1 heterocycles. The number of benzene rings is 2. The van der Waals surface area contributed by atoms with E-state index in [-0.39, 0.29) is 5.56 Å². The molecular weight excluding hydrogens is 392 g/mol. The zero-order valence-corrected chi connectivity index (χ0v) is 18.6. The molecule has 1 aromatic heterocycles. The number of methoxy groups -OCH3 is 2. The lowest BCUT2D eigenvalue weighted by Gasteiger charge is -2.17. The number of nitrogens with zero attached hydrogens (tertiary/aromatic N) is 2. The van der Waals surface area contributed by atoms with Gasteiger partial charge < -0.3 is 18.8 Å². The van der Waals surface area contributed by atoms with Gasteiger partial charge in [0.05, 0.1) is 26.3 Å². The topological polar surface area (TPSA) is 62.1 Å². The van der Waals surface area contributed by atoms with Crippen molar-refractivity contribution >= 4 is 6.21 Å². The Hall–Kier alpha value is -3.54. The maximum atomic E-state index is 13.1. The minimum atomic E-state index is -0.0868. The van der Waals surface area contributed by atoms with Crippen LogP contribution in [0.15, 0.2) is 58.3 Å². The van der Waals surface area contributed by atoms with Gasteiger partial charge in [0.15, 0.2) is 0 Å². The second-order valence-corrected chi connectivity index (χ2v) is 7.22. The molecule has 0 N–H and O–H groups in total. The molecule has 0 aliphatic heterocycles. The highest BCUT2D eigenvalue weighted by atomic mass is 16.5. The molecule has 0 unspecified atom stereocenters. The quantitative estimate of drug-likeness (QED) is 0.514. The van der Waals surface area contributed by atoms with E-state index in [4.69, 9.17) is 14.2 Å². The Morgan fingerprint density at radius 2 is 1.74 bits per heavy atom. The van der Waals surface area contributed by atoms with Gasteiger partial charge in [0.2, 0.25) is 0 Å². The van der Waals surface area contributed by atoms with E-state index in [1.165, 1.54) is 0 Å². The SMILES string of the molecule is CN=Cc1ccccc1COc1cc(C)n(Cc2ccc(OC)cc2OC)c(=O)c1C. The molecule has 0 aliphatic rings. The van der Waals surface area contributed by atoms with Gasteiger partial charge in [-0.05, 0) is 43.2 Å². The Morgan fingerprint density at radius 1 is 0.968 bits per heavy atom. The highest BCUT2D eigenvalue weighted by Crippen LogP contribution is 2.26. The third-order valence-electron chi connectivity index (χ3n) is 5.23. The van der Waals surface area contributed by atoms with E-state index in [2.05, 4.69) is 4.99 Å². The van der Waals surface area contributed by atoms with Crippen LogP contribution in [0.2, 0.25) is 0 Å². The van der Waals surface area contributed by atoms with Crippen molar-refractivity contribution in [1.29, 1.82) is 0 Å². The molecule has 0 radical (unpaired) electrons. The normalized spacial score (nSPS) is 11.0. The number of aryl methyl sites for hydroxylation is 1. The van der Waals surface area contributed by atoms with Gasteiger partial charge in [-0.3, -0.25) is 9.79 Å². The van der Waals surface area contributed by atoms with Crippen molar-refractivity contribution < 1.29 is 14.2 Å². The summed E-state index contributed by atoms with van der Waals surface area (Å²) >= 11 is 0. The first-order chi connectivity index (χ1) is 15.0. The fourth-order valence-corrected chi connectivity index (χ4v) is 3.43. The van der Waals surface area contributed by atoms with Gasteiger partial charge in [-0.2, -0.15) is 0 Å². The van der Waals surface area contributed by atoms with Crippen molar-refractivity contribution in [3.8, 4) is 17.2 Å². The second kappa shape index (κ2) is 9.98. The minimum absolute atomic E-state index is 0.0868. The lowest BCUT2D eigenvalue weighted by atomic mass is 10.1. The van der Waals surface area contributed by atoms with Gasteiger partial charge in [0, 0.05) is 30.6 Å². The third-order valence-corrected chi connectivity index (χ3v) is 5.23. The number of aliphatic imine (C=N–C) groups is 1. The van der Waals surface area contributed by atoms with Crippen molar-refractivity contribution in [3.63, 3.8) is 0 Å². The molecule has 2 aromatic carbocycles. The summed E-state index contributed by atoms with van der Waals surface area (Å²) in [7, 11) is 4.96. The molecule has 3 rings (SSSR count). The second-order valence-electron chi connectivity index (χ2n) is 7.22. The molecular formula is C25H28N2O4. The summed E-state index contributed by atoms with van der Waals surface area (Å²) in [5.41, 5.74) is 4.20. The fraction of sp³-hybridized carbons (Fsp3) is 0.280. The van der Waals surface area contributed by atoms with Crippen molar-refractivity contribution in [2.75, 3.05) is 21.3 Å². The Morgan fingerprint density at radius 3 is 2.45 bits per heavy atom. The summed E-state index contributed by atoms with van der Waals surface area (Å²) in [6.45, 7) is 4.45. The van der Waals surface area contributed by atoms with Crippen LogP contribution in [0, 0.1) is 13.8 Å². The summed E-state index contributed by atoms with van der Waals surface area (Å²) < 4.78 is 18.5. The maximum Gasteiger partial charge on any atom is 0.257 e. The predicted octanol–water partition coefficient (Wildman–Crippen LogP) is 4.16. The van der Waals surface area contributed by atoms with Crippen LogP contribution in [-0.2, 0) is 13.2 Å². The Labute approximate surface area is 182 Å². The standard InChI is InChI=1S/C25H28N2O4/c1-17-12-23(31-16-21-9-7-6-8-19(21)14-26-3)18(2)25(28)27(17)15-20-10-11-22(29-4)13-24(20)30-5/h6-14H,15-16H2,1-5H3. The number of rotatable bonds is 8. The highest BCUT2D eigenvalue weighted by Gasteiger charge is 2.14. The largest absolute Gasteiger partial charge is 0.497 e. The van der Waals surface area contributed by atoms with Crippen LogP contribution < -0.4 is 19.8 Å². The number of hydrogen-bond acceptors (Lipinski definition) is 5. The highest BCUT2D eigenvalue weighted by molar-refractivity contribution is 5.81. The van der Waals surface area contributed by atoms with Crippen LogP contribution in [0.4, 0.5) is 0 Å². The summed E-state index contributed by atoms with van der Waals surface area (Å²) in [4.78, 5) is 17.2. The molecule has 0 fully saturated rings. The number of aromatic nitrogens is 1. The first kappa shape index (κ1) is 22.2. The molecule has 0 bridgehead atoms. The third kappa shape index (κ3) is 4.97. The van der Waals surface area contributed by atoms with E-state index >= 15 is 0 Å². The predicted molar refractivity (Wildman–Crippen MR) is 123 cm³/mol. The van der Waals surface area contributed by atoms with Gasteiger partial charge >= 0.3 is 0 Å². The van der Waals surface area contributed by atoms with Gasteiger partial charge in [-0.1, -0.05) is 24.3 Å². The number of hydrogen-bond donors (Lipinski definition) is 0. The van der Waals surface area contributed by atoms with Crippen LogP contribution in [0.3, 0.4) is 0 Å². The van der Waals surface area contributed by atoms with E-state index in [1.54, 1.807) is 39.0 Å². The molecule has 0 spiro atoms. The average Bonchev–Trinajstić information content (AvgIpc) is 2.79.